The largest absolute Gasteiger partial charge is 0.382 e. The summed E-state index contributed by atoms with van der Waals surface area (Å²) in [6, 6.07) is 0. The molecule has 0 saturated heterocycles. The summed E-state index contributed by atoms with van der Waals surface area (Å²) >= 11 is 5.87. The van der Waals surface area contributed by atoms with Crippen LogP contribution in [0.1, 0.15) is 19.7 Å². The van der Waals surface area contributed by atoms with Gasteiger partial charge in [0.2, 0.25) is 0 Å². The van der Waals surface area contributed by atoms with E-state index in [2.05, 4.69) is 9.97 Å². The fourth-order valence-electron chi connectivity index (χ4n) is 1.35. The van der Waals surface area contributed by atoms with E-state index in [9.17, 15) is 5.11 Å². The summed E-state index contributed by atoms with van der Waals surface area (Å²) in [6.45, 7) is 3.35. The molecule has 5 heteroatoms. The van der Waals surface area contributed by atoms with E-state index in [1.807, 2.05) is 0 Å². The molecule has 2 heterocycles. The summed E-state index contributed by atoms with van der Waals surface area (Å²) in [5, 5.41) is 10.2. The molecule has 0 aromatic carbocycles. The van der Waals surface area contributed by atoms with Gasteiger partial charge in [-0.25, -0.2) is 9.97 Å². The van der Waals surface area contributed by atoms with Crippen molar-refractivity contribution >= 4 is 17.1 Å². The Balaban J connectivity index is 2.76. The predicted octanol–water partition coefficient (Wildman–Crippen LogP) is 1.61. The molecule has 4 nitrogen and oxygen atoms in total. The number of aliphatic hydroxyl groups is 1. The number of imidazole rings is 1. The first-order valence-corrected chi connectivity index (χ1v) is 4.58. The Morgan fingerprint density at radius 2 is 2.14 bits per heavy atom. The Morgan fingerprint density at radius 1 is 1.43 bits per heavy atom. The third-order valence-electron chi connectivity index (χ3n) is 1.96. The summed E-state index contributed by atoms with van der Waals surface area (Å²) in [7, 11) is 0. The molecule has 74 valence electrons. The van der Waals surface area contributed by atoms with Crippen molar-refractivity contribution < 1.29 is 5.11 Å². The van der Waals surface area contributed by atoms with Crippen LogP contribution in [0.4, 0.5) is 0 Å². The third kappa shape index (κ3) is 1.36. The standard InChI is InChI=1S/C9H10ClN3O/c1-9(2,14)8-12-5-6-7(10)11-3-4-13(6)8/h3-5,14H,1-2H3. The van der Waals surface area contributed by atoms with Crippen LogP contribution in [-0.4, -0.2) is 19.5 Å². The number of aromatic nitrogens is 3. The van der Waals surface area contributed by atoms with Gasteiger partial charge in [-0.3, -0.25) is 4.40 Å². The Morgan fingerprint density at radius 3 is 2.79 bits per heavy atom. The molecule has 0 saturated carbocycles. The fraction of sp³-hybridized carbons (Fsp3) is 0.333. The molecular formula is C9H10ClN3O. The lowest BCUT2D eigenvalue weighted by Gasteiger charge is -2.15. The van der Waals surface area contributed by atoms with Crippen LogP contribution in [0, 0.1) is 0 Å². The van der Waals surface area contributed by atoms with Crippen molar-refractivity contribution in [1.29, 1.82) is 0 Å². The molecule has 0 spiro atoms. The highest BCUT2D eigenvalue weighted by molar-refractivity contribution is 6.32. The first kappa shape index (κ1) is 9.43. The Hall–Kier alpha value is -1.13. The van der Waals surface area contributed by atoms with Crippen LogP contribution in [0.3, 0.4) is 0 Å². The molecule has 1 N–H and O–H groups in total. The van der Waals surface area contributed by atoms with Crippen LogP contribution in [0.5, 0.6) is 0 Å². The zero-order valence-electron chi connectivity index (χ0n) is 7.90. The lowest BCUT2D eigenvalue weighted by molar-refractivity contribution is 0.0682. The minimum Gasteiger partial charge on any atom is -0.382 e. The molecule has 2 aromatic rings. The van der Waals surface area contributed by atoms with Gasteiger partial charge in [0, 0.05) is 12.4 Å². The molecule has 2 aromatic heterocycles. The Labute approximate surface area is 86.2 Å². The maximum atomic E-state index is 9.82. The minimum atomic E-state index is -0.989. The Bertz CT molecular complexity index is 472. The number of halogens is 1. The molecule has 0 aliphatic rings. The zero-order valence-corrected chi connectivity index (χ0v) is 8.65. The number of rotatable bonds is 1. The second-order valence-corrected chi connectivity index (χ2v) is 3.97. The van der Waals surface area contributed by atoms with Crippen LogP contribution in [-0.2, 0) is 5.60 Å². The summed E-state index contributed by atoms with van der Waals surface area (Å²) in [6.07, 6.45) is 4.90. The van der Waals surface area contributed by atoms with Crippen molar-refractivity contribution in [2.75, 3.05) is 0 Å². The second-order valence-electron chi connectivity index (χ2n) is 3.61. The quantitative estimate of drug-likeness (QED) is 0.780. The number of nitrogens with zero attached hydrogens (tertiary/aromatic N) is 3. The van der Waals surface area contributed by atoms with Crippen LogP contribution in [0.25, 0.3) is 5.52 Å². The van der Waals surface area contributed by atoms with E-state index in [1.165, 1.54) is 0 Å². The van der Waals surface area contributed by atoms with Gasteiger partial charge in [-0.15, -0.1) is 0 Å². The predicted molar refractivity (Wildman–Crippen MR) is 53.2 cm³/mol. The SMILES string of the molecule is CC(C)(O)c1ncc2c(Cl)nccn12. The normalized spacial score (nSPS) is 12.3. The van der Waals surface area contributed by atoms with Crippen LogP contribution >= 0.6 is 11.6 Å². The van der Waals surface area contributed by atoms with E-state index in [0.29, 0.717) is 16.5 Å². The number of fused-ring (bicyclic) bond motifs is 1. The highest BCUT2D eigenvalue weighted by Gasteiger charge is 2.22. The summed E-state index contributed by atoms with van der Waals surface area (Å²) in [5.74, 6) is 0.553. The van der Waals surface area contributed by atoms with Gasteiger partial charge in [0.25, 0.3) is 0 Å². The van der Waals surface area contributed by atoms with Crippen LogP contribution in [0.2, 0.25) is 5.15 Å². The summed E-state index contributed by atoms with van der Waals surface area (Å²) < 4.78 is 1.73. The monoisotopic (exact) mass is 211 g/mol. The number of hydrogen-bond donors (Lipinski definition) is 1. The minimum absolute atomic E-state index is 0.385. The molecule has 0 radical (unpaired) electrons. The molecule has 0 bridgehead atoms. The van der Waals surface area contributed by atoms with Gasteiger partial charge >= 0.3 is 0 Å². The van der Waals surface area contributed by atoms with Gasteiger partial charge in [0.05, 0.1) is 6.20 Å². The smallest absolute Gasteiger partial charge is 0.154 e. The van der Waals surface area contributed by atoms with Gasteiger partial charge in [-0.2, -0.15) is 0 Å². The van der Waals surface area contributed by atoms with Crippen molar-refractivity contribution in [3.8, 4) is 0 Å². The average molecular weight is 212 g/mol. The topological polar surface area (TPSA) is 50.4 Å². The van der Waals surface area contributed by atoms with Gasteiger partial charge < -0.3 is 5.11 Å². The molecular weight excluding hydrogens is 202 g/mol. The third-order valence-corrected chi connectivity index (χ3v) is 2.25. The molecule has 0 unspecified atom stereocenters. The van der Waals surface area contributed by atoms with Gasteiger partial charge in [0.15, 0.2) is 5.15 Å². The zero-order chi connectivity index (χ0) is 10.3. The maximum Gasteiger partial charge on any atom is 0.154 e. The van der Waals surface area contributed by atoms with E-state index in [4.69, 9.17) is 11.6 Å². The second kappa shape index (κ2) is 2.93. The van der Waals surface area contributed by atoms with E-state index in [1.54, 1.807) is 36.8 Å². The van der Waals surface area contributed by atoms with Crippen LogP contribution < -0.4 is 0 Å². The molecule has 2 rings (SSSR count). The molecule has 0 fully saturated rings. The summed E-state index contributed by atoms with van der Waals surface area (Å²) in [4.78, 5) is 8.04. The van der Waals surface area contributed by atoms with Crippen LogP contribution in [0.15, 0.2) is 18.6 Å². The van der Waals surface area contributed by atoms with E-state index < -0.39 is 5.60 Å². The number of hydrogen-bond acceptors (Lipinski definition) is 3. The highest BCUT2D eigenvalue weighted by atomic mass is 35.5. The molecule has 0 atom stereocenters. The molecule has 14 heavy (non-hydrogen) atoms. The van der Waals surface area contributed by atoms with E-state index in [-0.39, 0.29) is 0 Å². The maximum absolute atomic E-state index is 9.82. The fourth-order valence-corrected chi connectivity index (χ4v) is 1.54. The Kier molecular flexibility index (Phi) is 1.97. The van der Waals surface area contributed by atoms with E-state index in [0.717, 1.165) is 0 Å². The lowest BCUT2D eigenvalue weighted by atomic mass is 10.1. The van der Waals surface area contributed by atoms with Crippen molar-refractivity contribution in [2.24, 2.45) is 0 Å². The van der Waals surface area contributed by atoms with Gasteiger partial charge in [-0.1, -0.05) is 11.6 Å². The molecule has 0 amide bonds. The van der Waals surface area contributed by atoms with Crippen molar-refractivity contribution in [3.63, 3.8) is 0 Å². The van der Waals surface area contributed by atoms with Crippen molar-refractivity contribution in [3.05, 3.63) is 29.6 Å². The first-order chi connectivity index (χ1) is 6.50. The summed E-state index contributed by atoms with van der Waals surface area (Å²) in [5.41, 5.74) is -0.289. The van der Waals surface area contributed by atoms with Crippen molar-refractivity contribution in [2.45, 2.75) is 19.4 Å². The van der Waals surface area contributed by atoms with Gasteiger partial charge in [0.1, 0.15) is 16.9 Å². The van der Waals surface area contributed by atoms with Gasteiger partial charge in [-0.05, 0) is 13.8 Å². The molecule has 0 aliphatic heterocycles. The van der Waals surface area contributed by atoms with Crippen molar-refractivity contribution in [1.82, 2.24) is 14.4 Å². The van der Waals surface area contributed by atoms with E-state index >= 15 is 0 Å². The molecule has 0 aliphatic carbocycles. The lowest BCUT2D eigenvalue weighted by Crippen LogP contribution is -2.19. The first-order valence-electron chi connectivity index (χ1n) is 4.20. The highest BCUT2D eigenvalue weighted by Crippen LogP contribution is 2.22. The average Bonchev–Trinajstić information content (AvgIpc) is 2.47.